The molecule has 2 heterocycles. The van der Waals surface area contributed by atoms with E-state index in [0.717, 1.165) is 4.68 Å². The Balaban J connectivity index is 2.10. The van der Waals surface area contributed by atoms with Crippen molar-refractivity contribution in [1.82, 2.24) is 19.7 Å². The van der Waals surface area contributed by atoms with Gasteiger partial charge in [0.1, 0.15) is 5.75 Å². The maximum Gasteiger partial charge on any atom is 0.437 e. The van der Waals surface area contributed by atoms with Crippen molar-refractivity contribution in [3.05, 3.63) is 56.7 Å². The standard InChI is InChI=1S/C15H9Cl2F3N4O3/c1-26-8-5-21-24(6-8)14-22-12(15(18,19)20)11(13(25)23-14)27-7-2-3-9(16)10(17)4-7/h2-6H,1H3,(H,22,23,25). The summed E-state index contributed by atoms with van der Waals surface area (Å²) in [7, 11) is 1.35. The molecule has 7 nitrogen and oxygen atoms in total. The summed E-state index contributed by atoms with van der Waals surface area (Å²) in [6.07, 6.45) is -2.48. The minimum absolute atomic E-state index is 0.0485. The Morgan fingerprint density at radius 1 is 1.19 bits per heavy atom. The molecule has 2 aromatic heterocycles. The number of H-pyrrole nitrogens is 1. The topological polar surface area (TPSA) is 82.0 Å². The van der Waals surface area contributed by atoms with Crippen molar-refractivity contribution < 1.29 is 22.6 Å². The first kappa shape index (κ1) is 19.1. The Morgan fingerprint density at radius 2 is 1.93 bits per heavy atom. The van der Waals surface area contributed by atoms with E-state index >= 15 is 0 Å². The summed E-state index contributed by atoms with van der Waals surface area (Å²) in [5.41, 5.74) is -2.69. The molecule has 0 aliphatic carbocycles. The van der Waals surface area contributed by atoms with Crippen molar-refractivity contribution in [2.75, 3.05) is 7.11 Å². The Morgan fingerprint density at radius 3 is 2.52 bits per heavy atom. The number of aromatic amines is 1. The number of aromatic nitrogens is 4. The van der Waals surface area contributed by atoms with Gasteiger partial charge in [-0.15, -0.1) is 0 Å². The molecule has 1 aromatic carbocycles. The highest BCUT2D eigenvalue weighted by atomic mass is 35.5. The minimum atomic E-state index is -4.97. The van der Waals surface area contributed by atoms with Crippen molar-refractivity contribution >= 4 is 23.2 Å². The molecular formula is C15H9Cl2F3N4O3. The van der Waals surface area contributed by atoms with E-state index in [-0.39, 0.29) is 21.5 Å². The van der Waals surface area contributed by atoms with Gasteiger partial charge < -0.3 is 9.47 Å². The number of nitrogens with one attached hydrogen (secondary N) is 1. The van der Waals surface area contributed by atoms with E-state index in [1.165, 1.54) is 37.7 Å². The fourth-order valence-electron chi connectivity index (χ4n) is 2.03. The van der Waals surface area contributed by atoms with Crippen molar-refractivity contribution in [1.29, 1.82) is 0 Å². The normalized spacial score (nSPS) is 11.5. The zero-order valence-electron chi connectivity index (χ0n) is 13.3. The van der Waals surface area contributed by atoms with Crippen molar-refractivity contribution in [3.8, 4) is 23.2 Å². The average Bonchev–Trinajstić information content (AvgIpc) is 3.08. The molecule has 0 spiro atoms. The quantitative estimate of drug-likeness (QED) is 0.687. The second-order valence-corrected chi connectivity index (χ2v) is 5.88. The van der Waals surface area contributed by atoms with E-state index in [4.69, 9.17) is 32.7 Å². The third-order valence-electron chi connectivity index (χ3n) is 3.26. The Labute approximate surface area is 159 Å². The van der Waals surface area contributed by atoms with Gasteiger partial charge in [-0.25, -0.2) is 9.67 Å². The number of benzene rings is 1. The van der Waals surface area contributed by atoms with Gasteiger partial charge in [-0.05, 0) is 12.1 Å². The molecule has 0 aliphatic heterocycles. The highest BCUT2D eigenvalue weighted by Crippen LogP contribution is 2.36. The van der Waals surface area contributed by atoms with Gasteiger partial charge in [0, 0.05) is 6.07 Å². The molecule has 0 saturated carbocycles. The largest absolute Gasteiger partial charge is 0.493 e. The van der Waals surface area contributed by atoms with Crippen LogP contribution in [0.15, 0.2) is 35.4 Å². The monoisotopic (exact) mass is 420 g/mol. The van der Waals surface area contributed by atoms with Crippen LogP contribution in [-0.2, 0) is 6.18 Å². The smallest absolute Gasteiger partial charge is 0.437 e. The molecule has 27 heavy (non-hydrogen) atoms. The van der Waals surface area contributed by atoms with E-state index in [9.17, 15) is 18.0 Å². The summed E-state index contributed by atoms with van der Waals surface area (Å²) in [6, 6.07) is 3.76. The second-order valence-electron chi connectivity index (χ2n) is 5.07. The Bertz CT molecular complexity index is 1050. The third kappa shape index (κ3) is 4.01. The predicted octanol–water partition coefficient (Wildman–Crippen LogP) is 4.08. The van der Waals surface area contributed by atoms with Gasteiger partial charge in [0.05, 0.1) is 29.5 Å². The Hall–Kier alpha value is -2.72. The van der Waals surface area contributed by atoms with Crippen LogP contribution in [0, 0.1) is 0 Å². The van der Waals surface area contributed by atoms with Gasteiger partial charge in [-0.3, -0.25) is 9.78 Å². The predicted molar refractivity (Wildman–Crippen MR) is 90.1 cm³/mol. The molecule has 0 unspecified atom stereocenters. The second kappa shape index (κ2) is 7.12. The van der Waals surface area contributed by atoms with Gasteiger partial charge in [0.15, 0.2) is 11.4 Å². The number of hydrogen-bond donors (Lipinski definition) is 1. The Kier molecular flexibility index (Phi) is 5.03. The fourth-order valence-corrected chi connectivity index (χ4v) is 2.32. The highest BCUT2D eigenvalue weighted by Gasteiger charge is 2.39. The average molecular weight is 421 g/mol. The maximum absolute atomic E-state index is 13.4. The lowest BCUT2D eigenvalue weighted by atomic mass is 10.3. The number of methoxy groups -OCH3 is 1. The van der Waals surface area contributed by atoms with Gasteiger partial charge >= 0.3 is 6.18 Å². The zero-order valence-corrected chi connectivity index (χ0v) is 14.9. The van der Waals surface area contributed by atoms with Gasteiger partial charge in [0.2, 0.25) is 11.7 Å². The molecule has 1 N–H and O–H groups in total. The van der Waals surface area contributed by atoms with Crippen LogP contribution in [0.1, 0.15) is 5.69 Å². The molecular weight excluding hydrogens is 412 g/mol. The molecule has 0 atom stereocenters. The first-order chi connectivity index (χ1) is 12.7. The van der Waals surface area contributed by atoms with Crippen LogP contribution >= 0.6 is 23.2 Å². The van der Waals surface area contributed by atoms with Crippen molar-refractivity contribution in [3.63, 3.8) is 0 Å². The number of rotatable bonds is 4. The first-order valence-electron chi connectivity index (χ1n) is 7.12. The summed E-state index contributed by atoms with van der Waals surface area (Å²) in [4.78, 5) is 17.9. The summed E-state index contributed by atoms with van der Waals surface area (Å²) in [5, 5.41) is 4.00. The van der Waals surface area contributed by atoms with Crippen LogP contribution in [-0.4, -0.2) is 26.9 Å². The van der Waals surface area contributed by atoms with Gasteiger partial charge in [0.25, 0.3) is 5.56 Å². The van der Waals surface area contributed by atoms with E-state index < -0.39 is 29.1 Å². The van der Waals surface area contributed by atoms with Crippen LogP contribution < -0.4 is 15.0 Å². The van der Waals surface area contributed by atoms with Gasteiger partial charge in [-0.1, -0.05) is 23.2 Å². The number of nitrogens with zero attached hydrogens (tertiary/aromatic N) is 3. The highest BCUT2D eigenvalue weighted by molar-refractivity contribution is 6.42. The lowest BCUT2D eigenvalue weighted by Gasteiger charge is -2.13. The molecule has 142 valence electrons. The maximum atomic E-state index is 13.4. The van der Waals surface area contributed by atoms with E-state index in [2.05, 4.69) is 15.1 Å². The molecule has 3 aromatic rings. The molecule has 3 rings (SSSR count). The summed E-state index contributed by atoms with van der Waals surface area (Å²) in [6.45, 7) is 0. The fraction of sp³-hybridized carbons (Fsp3) is 0.133. The van der Waals surface area contributed by atoms with Crippen molar-refractivity contribution in [2.45, 2.75) is 6.18 Å². The third-order valence-corrected chi connectivity index (χ3v) is 3.99. The van der Waals surface area contributed by atoms with Crippen molar-refractivity contribution in [2.24, 2.45) is 0 Å². The van der Waals surface area contributed by atoms with Crippen LogP contribution in [0.5, 0.6) is 17.2 Å². The number of hydrogen-bond acceptors (Lipinski definition) is 5. The van der Waals surface area contributed by atoms with Gasteiger partial charge in [-0.2, -0.15) is 18.3 Å². The summed E-state index contributed by atoms with van der Waals surface area (Å²) >= 11 is 11.6. The molecule has 0 aliphatic rings. The minimum Gasteiger partial charge on any atom is -0.493 e. The molecule has 0 saturated heterocycles. The zero-order chi connectivity index (χ0) is 19.8. The van der Waals surface area contributed by atoms with Crippen LogP contribution in [0.4, 0.5) is 13.2 Å². The van der Waals surface area contributed by atoms with Crippen LogP contribution in [0.2, 0.25) is 10.0 Å². The first-order valence-corrected chi connectivity index (χ1v) is 7.88. The number of alkyl halides is 3. The van der Waals surface area contributed by atoms with Crippen LogP contribution in [0.25, 0.3) is 5.95 Å². The molecule has 0 bridgehead atoms. The SMILES string of the molecule is COc1cnn(-c2nc(C(F)(F)F)c(Oc3ccc(Cl)c(Cl)c3)c(=O)[nH]2)c1. The summed E-state index contributed by atoms with van der Waals surface area (Å²) < 4.78 is 51.3. The lowest BCUT2D eigenvalue weighted by molar-refractivity contribution is -0.142. The molecule has 0 radical (unpaired) electrons. The summed E-state index contributed by atoms with van der Waals surface area (Å²) in [5.74, 6) is -1.35. The van der Waals surface area contributed by atoms with E-state index in [1.54, 1.807) is 0 Å². The lowest BCUT2D eigenvalue weighted by Crippen LogP contribution is -2.22. The molecule has 12 heteroatoms. The number of ether oxygens (including phenoxy) is 2. The van der Waals surface area contributed by atoms with E-state index in [0.29, 0.717) is 0 Å². The molecule has 0 amide bonds. The van der Waals surface area contributed by atoms with E-state index in [1.807, 2.05) is 0 Å². The molecule has 0 fully saturated rings. The van der Waals surface area contributed by atoms with Crippen LogP contribution in [0.3, 0.4) is 0 Å². The number of halogens is 5.